The van der Waals surface area contributed by atoms with Crippen molar-refractivity contribution in [1.82, 2.24) is 10.2 Å². The first kappa shape index (κ1) is 22.2. The number of piperazine rings is 1. The minimum atomic E-state index is -0.513. The normalized spacial score (nSPS) is 15.2. The number of para-hydroxylation sites is 1. The lowest BCUT2D eigenvalue weighted by atomic mass is 10.0. The third-order valence-electron chi connectivity index (χ3n) is 5.35. The van der Waals surface area contributed by atoms with Gasteiger partial charge in [0.05, 0.1) is 0 Å². The average molecular weight is 426 g/mol. The molecule has 1 aliphatic rings. The van der Waals surface area contributed by atoms with Crippen molar-refractivity contribution in [2.45, 2.75) is 37.6 Å². The van der Waals surface area contributed by atoms with Crippen LogP contribution in [-0.2, 0) is 9.59 Å². The first-order valence-electron chi connectivity index (χ1n) is 10.5. The highest BCUT2D eigenvalue weighted by Crippen LogP contribution is 2.23. The smallest absolute Gasteiger partial charge is 0.246 e. The van der Waals surface area contributed by atoms with Crippen molar-refractivity contribution in [1.29, 1.82) is 0 Å². The molecular weight excluding hydrogens is 394 g/mol. The molecule has 0 bridgehead atoms. The SMILES string of the molecule is CC(=O)NC(CSc1ccc(C(C)C)cc1)C(=O)N1CCN(c2ccccc2)CC1. The van der Waals surface area contributed by atoms with Gasteiger partial charge in [-0.3, -0.25) is 9.59 Å². The highest BCUT2D eigenvalue weighted by molar-refractivity contribution is 7.99. The molecule has 1 atom stereocenters. The average Bonchev–Trinajstić information content (AvgIpc) is 2.77. The fraction of sp³-hybridized carbons (Fsp3) is 0.417. The molecule has 160 valence electrons. The zero-order chi connectivity index (χ0) is 21.5. The maximum atomic E-state index is 13.1. The van der Waals surface area contributed by atoms with Gasteiger partial charge < -0.3 is 15.1 Å². The van der Waals surface area contributed by atoms with Gasteiger partial charge in [-0.2, -0.15) is 0 Å². The maximum Gasteiger partial charge on any atom is 0.246 e. The lowest BCUT2D eigenvalue weighted by Crippen LogP contribution is -2.55. The van der Waals surface area contributed by atoms with Crippen LogP contribution in [0.2, 0.25) is 0 Å². The second-order valence-corrected chi connectivity index (χ2v) is 9.03. The molecular formula is C24H31N3O2S. The highest BCUT2D eigenvalue weighted by atomic mass is 32.2. The molecule has 1 saturated heterocycles. The minimum Gasteiger partial charge on any atom is -0.368 e. The molecule has 1 heterocycles. The van der Waals surface area contributed by atoms with Crippen molar-refractivity contribution < 1.29 is 9.59 Å². The number of nitrogens with zero attached hydrogens (tertiary/aromatic N) is 2. The van der Waals surface area contributed by atoms with Crippen LogP contribution < -0.4 is 10.2 Å². The summed E-state index contributed by atoms with van der Waals surface area (Å²) in [5, 5.41) is 2.86. The van der Waals surface area contributed by atoms with Crippen LogP contribution in [0.3, 0.4) is 0 Å². The Kier molecular flexibility index (Phi) is 7.80. The van der Waals surface area contributed by atoms with Gasteiger partial charge in [-0.1, -0.05) is 44.2 Å². The summed E-state index contributed by atoms with van der Waals surface area (Å²) in [5.41, 5.74) is 2.48. The summed E-state index contributed by atoms with van der Waals surface area (Å²) >= 11 is 1.61. The van der Waals surface area contributed by atoms with Crippen molar-refractivity contribution in [3.63, 3.8) is 0 Å². The Morgan fingerprint density at radius 2 is 1.60 bits per heavy atom. The Morgan fingerprint density at radius 3 is 2.17 bits per heavy atom. The number of nitrogens with one attached hydrogen (secondary N) is 1. The van der Waals surface area contributed by atoms with Crippen LogP contribution in [0.4, 0.5) is 5.69 Å². The lowest BCUT2D eigenvalue weighted by molar-refractivity contribution is -0.135. The highest BCUT2D eigenvalue weighted by Gasteiger charge is 2.28. The van der Waals surface area contributed by atoms with E-state index in [0.717, 1.165) is 18.0 Å². The van der Waals surface area contributed by atoms with Crippen LogP contribution in [-0.4, -0.2) is 54.7 Å². The van der Waals surface area contributed by atoms with Gasteiger partial charge in [0.1, 0.15) is 6.04 Å². The van der Waals surface area contributed by atoms with Crippen molar-refractivity contribution >= 4 is 29.3 Å². The minimum absolute atomic E-state index is 0.00390. The van der Waals surface area contributed by atoms with E-state index in [1.165, 1.54) is 18.2 Å². The van der Waals surface area contributed by atoms with E-state index in [9.17, 15) is 9.59 Å². The number of carbonyl (C=O) groups is 2. The number of carbonyl (C=O) groups excluding carboxylic acids is 2. The Balaban J connectivity index is 1.58. The molecule has 1 unspecified atom stereocenters. The number of rotatable bonds is 7. The summed E-state index contributed by atoms with van der Waals surface area (Å²) in [6.07, 6.45) is 0. The molecule has 0 aromatic heterocycles. The predicted molar refractivity (Wildman–Crippen MR) is 124 cm³/mol. The molecule has 2 amide bonds. The Bertz CT molecular complexity index is 831. The zero-order valence-corrected chi connectivity index (χ0v) is 18.8. The number of amides is 2. The summed E-state index contributed by atoms with van der Waals surface area (Å²) < 4.78 is 0. The van der Waals surface area contributed by atoms with Crippen molar-refractivity contribution in [2.24, 2.45) is 0 Å². The van der Waals surface area contributed by atoms with Gasteiger partial charge in [0.25, 0.3) is 0 Å². The largest absolute Gasteiger partial charge is 0.368 e. The number of anilines is 1. The van der Waals surface area contributed by atoms with Gasteiger partial charge in [0.2, 0.25) is 11.8 Å². The van der Waals surface area contributed by atoms with E-state index < -0.39 is 6.04 Å². The van der Waals surface area contributed by atoms with Crippen LogP contribution in [0.25, 0.3) is 0 Å². The predicted octanol–water partition coefficient (Wildman–Crippen LogP) is 3.76. The maximum absolute atomic E-state index is 13.1. The van der Waals surface area contributed by atoms with Crippen molar-refractivity contribution in [3.8, 4) is 0 Å². The van der Waals surface area contributed by atoms with E-state index in [2.05, 4.69) is 60.5 Å². The zero-order valence-electron chi connectivity index (χ0n) is 18.0. The van der Waals surface area contributed by atoms with Crippen LogP contribution >= 0.6 is 11.8 Å². The second kappa shape index (κ2) is 10.5. The summed E-state index contributed by atoms with van der Waals surface area (Å²) in [4.78, 5) is 30.1. The molecule has 30 heavy (non-hydrogen) atoms. The second-order valence-electron chi connectivity index (χ2n) is 7.94. The summed E-state index contributed by atoms with van der Waals surface area (Å²) in [6, 6.07) is 18.2. The molecule has 0 radical (unpaired) electrons. The van der Waals surface area contributed by atoms with E-state index in [0.29, 0.717) is 24.8 Å². The molecule has 0 aliphatic carbocycles. The van der Waals surface area contributed by atoms with Crippen molar-refractivity contribution in [2.75, 3.05) is 36.8 Å². The fourth-order valence-electron chi connectivity index (χ4n) is 3.59. The Labute approximate surface area is 183 Å². The molecule has 2 aromatic carbocycles. The molecule has 3 rings (SSSR count). The summed E-state index contributed by atoms with van der Waals surface area (Å²) in [6.45, 7) is 8.74. The van der Waals surface area contributed by atoms with Gasteiger partial charge in [-0.25, -0.2) is 0 Å². The number of hydrogen-bond donors (Lipinski definition) is 1. The molecule has 1 fully saturated rings. The molecule has 6 heteroatoms. The Morgan fingerprint density at radius 1 is 0.967 bits per heavy atom. The van der Waals surface area contributed by atoms with Gasteiger partial charge in [-0.05, 0) is 35.7 Å². The van der Waals surface area contributed by atoms with E-state index >= 15 is 0 Å². The number of thioether (sulfide) groups is 1. The van der Waals surface area contributed by atoms with E-state index in [-0.39, 0.29) is 11.8 Å². The van der Waals surface area contributed by atoms with E-state index in [4.69, 9.17) is 0 Å². The topological polar surface area (TPSA) is 52.7 Å². The van der Waals surface area contributed by atoms with Crippen molar-refractivity contribution in [3.05, 3.63) is 60.2 Å². The van der Waals surface area contributed by atoms with Crippen LogP contribution in [0, 0.1) is 0 Å². The quantitative estimate of drug-likeness (QED) is 0.687. The van der Waals surface area contributed by atoms with Crippen LogP contribution in [0.15, 0.2) is 59.5 Å². The molecule has 5 nitrogen and oxygen atoms in total. The van der Waals surface area contributed by atoms with E-state index in [1.807, 2.05) is 23.1 Å². The first-order chi connectivity index (χ1) is 14.4. The standard InChI is InChI=1S/C24H31N3O2S/c1-18(2)20-9-11-22(12-10-20)30-17-23(25-19(3)28)24(29)27-15-13-26(14-16-27)21-7-5-4-6-8-21/h4-12,18,23H,13-17H2,1-3H3,(H,25,28). The lowest BCUT2D eigenvalue weighted by Gasteiger charge is -2.37. The monoisotopic (exact) mass is 425 g/mol. The van der Waals surface area contributed by atoms with Crippen LogP contribution in [0.1, 0.15) is 32.3 Å². The van der Waals surface area contributed by atoms with Gasteiger partial charge in [-0.15, -0.1) is 11.8 Å². The third-order valence-corrected chi connectivity index (χ3v) is 6.46. The molecule has 1 N–H and O–H groups in total. The number of benzene rings is 2. The van der Waals surface area contributed by atoms with Gasteiger partial charge in [0, 0.05) is 49.4 Å². The van der Waals surface area contributed by atoms with Gasteiger partial charge in [0.15, 0.2) is 0 Å². The third kappa shape index (κ3) is 6.02. The molecule has 0 saturated carbocycles. The first-order valence-corrected chi connectivity index (χ1v) is 11.5. The Hall–Kier alpha value is -2.47. The molecule has 2 aromatic rings. The van der Waals surface area contributed by atoms with Gasteiger partial charge >= 0.3 is 0 Å². The molecule has 1 aliphatic heterocycles. The van der Waals surface area contributed by atoms with E-state index in [1.54, 1.807) is 11.8 Å². The summed E-state index contributed by atoms with van der Waals surface area (Å²) in [5.74, 6) is 0.849. The molecule has 0 spiro atoms. The summed E-state index contributed by atoms with van der Waals surface area (Å²) in [7, 11) is 0. The fourth-order valence-corrected chi connectivity index (χ4v) is 4.51. The number of hydrogen-bond acceptors (Lipinski definition) is 4. The van der Waals surface area contributed by atoms with Crippen LogP contribution in [0.5, 0.6) is 0 Å².